The van der Waals surface area contributed by atoms with Crippen LogP contribution in [0.4, 0.5) is 0 Å². The summed E-state index contributed by atoms with van der Waals surface area (Å²) in [5, 5.41) is 0. The zero-order chi connectivity index (χ0) is 10.6. The zero-order valence-electron chi connectivity index (χ0n) is 10.5. The van der Waals surface area contributed by atoms with E-state index in [4.69, 9.17) is 0 Å². The predicted molar refractivity (Wildman–Crippen MR) is 63.5 cm³/mol. The minimum Gasteiger partial charge on any atom is -0.307 e. The van der Waals surface area contributed by atoms with Gasteiger partial charge in [0.2, 0.25) is 0 Å². The van der Waals surface area contributed by atoms with Gasteiger partial charge in [-0.25, -0.2) is 0 Å². The van der Waals surface area contributed by atoms with Crippen LogP contribution in [0.2, 0.25) is 0 Å². The van der Waals surface area contributed by atoms with Gasteiger partial charge in [-0.3, -0.25) is 0 Å². The van der Waals surface area contributed by atoms with Gasteiger partial charge in [-0.15, -0.1) is 0 Å². The van der Waals surface area contributed by atoms with E-state index in [0.717, 1.165) is 11.3 Å². The average molecular weight is 197 g/mol. The van der Waals surface area contributed by atoms with Crippen molar-refractivity contribution in [3.05, 3.63) is 0 Å². The van der Waals surface area contributed by atoms with Gasteiger partial charge in [-0.2, -0.15) is 0 Å². The smallest absolute Gasteiger partial charge is 0.00166 e. The first-order valence-corrected chi connectivity index (χ1v) is 6.34. The third-order valence-electron chi connectivity index (χ3n) is 4.33. The normalized spacial score (nSPS) is 31.9. The maximum Gasteiger partial charge on any atom is -0.00166 e. The zero-order valence-corrected chi connectivity index (χ0v) is 10.5. The molecule has 0 spiro atoms. The summed E-state index contributed by atoms with van der Waals surface area (Å²) in [7, 11) is 2.24. The van der Waals surface area contributed by atoms with Crippen molar-refractivity contribution in [2.45, 2.75) is 52.9 Å². The molecule has 0 aromatic rings. The molecule has 1 nitrogen and oxygen atoms in total. The van der Waals surface area contributed by atoms with Gasteiger partial charge < -0.3 is 4.90 Å². The molecule has 14 heavy (non-hydrogen) atoms. The van der Waals surface area contributed by atoms with Gasteiger partial charge in [0.05, 0.1) is 0 Å². The quantitative estimate of drug-likeness (QED) is 0.629. The van der Waals surface area contributed by atoms with Gasteiger partial charge >= 0.3 is 0 Å². The molecule has 84 valence electrons. The summed E-state index contributed by atoms with van der Waals surface area (Å²) >= 11 is 0. The molecule has 0 bridgehead atoms. The van der Waals surface area contributed by atoms with Crippen molar-refractivity contribution in [3.8, 4) is 0 Å². The number of nitrogens with zero attached hydrogens (tertiary/aromatic N) is 1. The third-order valence-corrected chi connectivity index (χ3v) is 4.33. The summed E-state index contributed by atoms with van der Waals surface area (Å²) in [6, 6.07) is 0. The van der Waals surface area contributed by atoms with Crippen molar-refractivity contribution in [2.75, 3.05) is 20.1 Å². The Morgan fingerprint density at radius 3 is 2.29 bits per heavy atom. The fraction of sp³-hybridized carbons (Fsp3) is 1.00. The van der Waals surface area contributed by atoms with Crippen LogP contribution in [0, 0.1) is 11.3 Å². The summed E-state index contributed by atoms with van der Waals surface area (Å²) in [5.41, 5.74) is 0.726. The Bertz CT molecular complexity index is 159. The van der Waals surface area contributed by atoms with Gasteiger partial charge in [-0.05, 0) is 50.7 Å². The second-order valence-corrected chi connectivity index (χ2v) is 5.18. The highest BCUT2D eigenvalue weighted by molar-refractivity contribution is 4.92. The molecule has 0 aromatic heterocycles. The van der Waals surface area contributed by atoms with Gasteiger partial charge in [0, 0.05) is 0 Å². The van der Waals surface area contributed by atoms with Crippen LogP contribution in [0.15, 0.2) is 0 Å². The molecule has 0 saturated heterocycles. The van der Waals surface area contributed by atoms with E-state index in [9.17, 15) is 0 Å². The van der Waals surface area contributed by atoms with Crippen molar-refractivity contribution in [1.82, 2.24) is 4.90 Å². The molecule has 0 N–H and O–H groups in total. The molecule has 1 saturated carbocycles. The number of hydrogen-bond donors (Lipinski definition) is 0. The van der Waals surface area contributed by atoms with E-state index >= 15 is 0 Å². The molecule has 1 heteroatoms. The Hall–Kier alpha value is -0.0400. The van der Waals surface area contributed by atoms with Gasteiger partial charge in [0.15, 0.2) is 0 Å². The van der Waals surface area contributed by atoms with Crippen LogP contribution in [0.3, 0.4) is 0 Å². The lowest BCUT2D eigenvalue weighted by atomic mass is 9.58. The van der Waals surface area contributed by atoms with Crippen molar-refractivity contribution in [3.63, 3.8) is 0 Å². The molecule has 0 aliphatic heterocycles. The first kappa shape index (κ1) is 12.0. The fourth-order valence-corrected chi connectivity index (χ4v) is 2.71. The van der Waals surface area contributed by atoms with Crippen LogP contribution < -0.4 is 0 Å². The Labute approximate surface area is 89.9 Å². The Morgan fingerprint density at radius 1 is 1.21 bits per heavy atom. The lowest BCUT2D eigenvalue weighted by Crippen LogP contribution is -2.39. The van der Waals surface area contributed by atoms with E-state index in [2.05, 4.69) is 32.7 Å². The maximum atomic E-state index is 2.44. The lowest BCUT2D eigenvalue weighted by molar-refractivity contribution is 0.0299. The van der Waals surface area contributed by atoms with Crippen molar-refractivity contribution >= 4 is 0 Å². The van der Waals surface area contributed by atoms with E-state index in [1.807, 2.05) is 0 Å². The lowest BCUT2D eigenvalue weighted by Gasteiger charge is -2.48. The predicted octanol–water partition coefficient (Wildman–Crippen LogP) is 3.54. The first-order valence-electron chi connectivity index (χ1n) is 6.34. The minimum atomic E-state index is 0.726. The van der Waals surface area contributed by atoms with Crippen LogP contribution in [0.25, 0.3) is 0 Å². The highest BCUT2D eigenvalue weighted by atomic mass is 15.1. The highest BCUT2D eigenvalue weighted by Gasteiger charge is 2.40. The molecular weight excluding hydrogens is 170 g/mol. The molecule has 1 aliphatic carbocycles. The van der Waals surface area contributed by atoms with Crippen molar-refractivity contribution in [1.29, 1.82) is 0 Å². The fourth-order valence-electron chi connectivity index (χ4n) is 2.71. The molecule has 1 fully saturated rings. The molecule has 1 aliphatic rings. The topological polar surface area (TPSA) is 3.24 Å². The molecule has 0 radical (unpaired) electrons. The molecule has 0 heterocycles. The summed E-state index contributed by atoms with van der Waals surface area (Å²) in [5.74, 6) is 1.04. The SMILES string of the molecule is CCC1CC(CC)(CCN(C)CC)C1. The monoisotopic (exact) mass is 197 g/mol. The molecule has 1 rings (SSSR count). The van der Waals surface area contributed by atoms with Gasteiger partial charge in [0.25, 0.3) is 0 Å². The summed E-state index contributed by atoms with van der Waals surface area (Å²) in [6.45, 7) is 9.44. The second-order valence-electron chi connectivity index (χ2n) is 5.18. The summed E-state index contributed by atoms with van der Waals surface area (Å²) in [6.07, 6.45) is 7.20. The summed E-state index contributed by atoms with van der Waals surface area (Å²) < 4.78 is 0. The second kappa shape index (κ2) is 5.16. The number of rotatable bonds is 6. The van der Waals surface area contributed by atoms with Crippen LogP contribution >= 0.6 is 0 Å². The minimum absolute atomic E-state index is 0.726. The molecule has 0 amide bonds. The molecule has 0 atom stereocenters. The van der Waals surface area contributed by atoms with Crippen LogP contribution in [-0.2, 0) is 0 Å². The van der Waals surface area contributed by atoms with Crippen LogP contribution in [0.5, 0.6) is 0 Å². The standard InChI is InChI=1S/C13H27N/c1-5-12-10-13(6-2,11-12)8-9-14(4)7-3/h12H,5-11H2,1-4H3. The molecule has 0 unspecified atom stereocenters. The van der Waals surface area contributed by atoms with E-state index in [1.165, 1.54) is 45.2 Å². The Morgan fingerprint density at radius 2 is 1.86 bits per heavy atom. The molecular formula is C13H27N. The van der Waals surface area contributed by atoms with Crippen LogP contribution in [-0.4, -0.2) is 25.0 Å². The Balaban J connectivity index is 2.27. The van der Waals surface area contributed by atoms with E-state index in [1.54, 1.807) is 0 Å². The largest absolute Gasteiger partial charge is 0.307 e. The highest BCUT2D eigenvalue weighted by Crippen LogP contribution is 2.51. The van der Waals surface area contributed by atoms with E-state index in [0.29, 0.717) is 0 Å². The third kappa shape index (κ3) is 2.73. The average Bonchev–Trinajstić information content (AvgIpc) is 2.16. The number of hydrogen-bond acceptors (Lipinski definition) is 1. The first-order chi connectivity index (χ1) is 6.65. The van der Waals surface area contributed by atoms with Gasteiger partial charge in [-0.1, -0.05) is 33.6 Å². The van der Waals surface area contributed by atoms with E-state index in [-0.39, 0.29) is 0 Å². The maximum absolute atomic E-state index is 2.44. The van der Waals surface area contributed by atoms with Crippen molar-refractivity contribution < 1.29 is 0 Å². The Kier molecular flexibility index (Phi) is 4.43. The van der Waals surface area contributed by atoms with Crippen molar-refractivity contribution in [2.24, 2.45) is 11.3 Å². The van der Waals surface area contributed by atoms with Crippen LogP contribution in [0.1, 0.15) is 52.9 Å². The van der Waals surface area contributed by atoms with Gasteiger partial charge in [0.1, 0.15) is 0 Å². The summed E-state index contributed by atoms with van der Waals surface area (Å²) in [4.78, 5) is 2.44. The van der Waals surface area contributed by atoms with E-state index < -0.39 is 0 Å². The molecule has 0 aromatic carbocycles.